The quantitative estimate of drug-likeness (QED) is 0.826. The fraction of sp³-hybridized carbons (Fsp3) is 0.235. The number of carbonyl (C=O) groups excluding carboxylic acids is 1. The van der Waals surface area contributed by atoms with Gasteiger partial charge in [0.25, 0.3) is 0 Å². The van der Waals surface area contributed by atoms with E-state index in [2.05, 4.69) is 11.4 Å². The van der Waals surface area contributed by atoms with Gasteiger partial charge in [0, 0.05) is 11.3 Å². The molecule has 2 heteroatoms. The normalized spacial score (nSPS) is 17.4. The number of ketones is 1. The fourth-order valence-electron chi connectivity index (χ4n) is 2.55. The van der Waals surface area contributed by atoms with E-state index in [0.29, 0.717) is 0 Å². The fourth-order valence-corrected chi connectivity index (χ4v) is 2.55. The van der Waals surface area contributed by atoms with Crippen molar-refractivity contribution >= 4 is 11.5 Å². The standard InChI is InChI=1S/C17H17NO/c1-12-6-8-14(9-7-12)17(19)16-11-10-13-4-2-3-5-15(13)18-16/h2-9,16,18H,10-11H2,1H3/t16-/m1/s1. The summed E-state index contributed by atoms with van der Waals surface area (Å²) < 4.78 is 0. The Morgan fingerprint density at radius 3 is 2.63 bits per heavy atom. The first-order valence-electron chi connectivity index (χ1n) is 6.69. The van der Waals surface area contributed by atoms with E-state index in [1.165, 1.54) is 11.1 Å². The second-order valence-corrected chi connectivity index (χ2v) is 5.12. The second kappa shape index (κ2) is 4.88. The van der Waals surface area contributed by atoms with Crippen LogP contribution in [0.25, 0.3) is 0 Å². The van der Waals surface area contributed by atoms with Gasteiger partial charge in [-0.15, -0.1) is 0 Å². The first-order chi connectivity index (χ1) is 9.24. The van der Waals surface area contributed by atoms with E-state index in [1.807, 2.05) is 49.4 Å². The summed E-state index contributed by atoms with van der Waals surface area (Å²) in [7, 11) is 0. The van der Waals surface area contributed by atoms with Crippen molar-refractivity contribution < 1.29 is 4.79 Å². The molecule has 19 heavy (non-hydrogen) atoms. The van der Waals surface area contributed by atoms with Crippen LogP contribution in [0.2, 0.25) is 0 Å². The van der Waals surface area contributed by atoms with Crippen LogP contribution in [-0.4, -0.2) is 11.8 Å². The summed E-state index contributed by atoms with van der Waals surface area (Å²) >= 11 is 0. The van der Waals surface area contributed by atoms with Crippen LogP contribution < -0.4 is 5.32 Å². The number of fused-ring (bicyclic) bond motifs is 1. The monoisotopic (exact) mass is 251 g/mol. The van der Waals surface area contributed by atoms with Crippen LogP contribution in [0.5, 0.6) is 0 Å². The molecule has 1 atom stereocenters. The predicted octanol–water partition coefficient (Wildman–Crippen LogP) is 3.60. The third kappa shape index (κ3) is 2.39. The number of hydrogen-bond acceptors (Lipinski definition) is 2. The summed E-state index contributed by atoms with van der Waals surface area (Å²) in [5, 5.41) is 3.36. The molecule has 1 aliphatic heterocycles. The molecule has 1 N–H and O–H groups in total. The van der Waals surface area contributed by atoms with Crippen LogP contribution in [0.1, 0.15) is 27.9 Å². The van der Waals surface area contributed by atoms with Gasteiger partial charge in [-0.25, -0.2) is 0 Å². The number of hydrogen-bond donors (Lipinski definition) is 1. The smallest absolute Gasteiger partial charge is 0.185 e. The van der Waals surface area contributed by atoms with Crippen LogP contribution in [0.4, 0.5) is 5.69 Å². The lowest BCUT2D eigenvalue weighted by Gasteiger charge is -2.26. The van der Waals surface area contributed by atoms with Crippen LogP contribution in [0.15, 0.2) is 48.5 Å². The minimum Gasteiger partial charge on any atom is -0.375 e. The Morgan fingerprint density at radius 2 is 1.84 bits per heavy atom. The Balaban J connectivity index is 1.81. The maximum atomic E-state index is 12.5. The van der Waals surface area contributed by atoms with Crippen molar-refractivity contribution in [3.8, 4) is 0 Å². The number of Topliss-reactive ketones (excluding diaryl/α,β-unsaturated/α-hetero) is 1. The summed E-state index contributed by atoms with van der Waals surface area (Å²) in [5.41, 5.74) is 4.37. The van der Waals surface area contributed by atoms with Gasteiger partial charge in [-0.05, 0) is 31.4 Å². The van der Waals surface area contributed by atoms with Crippen molar-refractivity contribution in [2.75, 3.05) is 5.32 Å². The van der Waals surface area contributed by atoms with Gasteiger partial charge in [0.05, 0.1) is 6.04 Å². The lowest BCUT2D eigenvalue weighted by atomic mass is 9.93. The van der Waals surface area contributed by atoms with Crippen molar-refractivity contribution in [3.63, 3.8) is 0 Å². The number of rotatable bonds is 2. The molecular formula is C17H17NO. The minimum atomic E-state index is -0.0994. The van der Waals surface area contributed by atoms with Gasteiger partial charge in [0.2, 0.25) is 0 Å². The molecule has 1 aliphatic rings. The van der Waals surface area contributed by atoms with Crippen molar-refractivity contribution in [1.29, 1.82) is 0 Å². The van der Waals surface area contributed by atoms with Gasteiger partial charge in [0.15, 0.2) is 5.78 Å². The summed E-state index contributed by atoms with van der Waals surface area (Å²) in [6, 6.07) is 15.9. The van der Waals surface area contributed by atoms with Gasteiger partial charge in [0.1, 0.15) is 0 Å². The molecular weight excluding hydrogens is 234 g/mol. The highest BCUT2D eigenvalue weighted by atomic mass is 16.1. The SMILES string of the molecule is Cc1ccc(C(=O)[C@H]2CCc3ccccc3N2)cc1. The molecule has 0 unspecified atom stereocenters. The van der Waals surface area contributed by atoms with E-state index >= 15 is 0 Å². The summed E-state index contributed by atoms with van der Waals surface area (Å²) in [4.78, 5) is 12.5. The Bertz CT molecular complexity index is 601. The molecule has 0 fully saturated rings. The topological polar surface area (TPSA) is 29.1 Å². The maximum Gasteiger partial charge on any atom is 0.185 e. The zero-order valence-corrected chi connectivity index (χ0v) is 11.0. The van der Waals surface area contributed by atoms with Gasteiger partial charge < -0.3 is 5.32 Å². The molecule has 0 saturated carbocycles. The highest BCUT2D eigenvalue weighted by Crippen LogP contribution is 2.25. The molecule has 3 rings (SSSR count). The average molecular weight is 251 g/mol. The molecule has 2 nitrogen and oxygen atoms in total. The molecule has 96 valence electrons. The molecule has 0 spiro atoms. The van der Waals surface area contributed by atoms with Crippen LogP contribution in [0, 0.1) is 6.92 Å². The molecule has 2 aromatic carbocycles. The molecule has 0 saturated heterocycles. The number of carbonyl (C=O) groups is 1. The number of benzene rings is 2. The van der Waals surface area contributed by atoms with E-state index in [0.717, 1.165) is 24.1 Å². The molecule has 0 aliphatic carbocycles. The van der Waals surface area contributed by atoms with Gasteiger partial charge >= 0.3 is 0 Å². The van der Waals surface area contributed by atoms with E-state index in [4.69, 9.17) is 0 Å². The lowest BCUT2D eigenvalue weighted by Crippen LogP contribution is -2.33. The molecule has 0 radical (unpaired) electrons. The Morgan fingerprint density at radius 1 is 1.11 bits per heavy atom. The molecule has 1 heterocycles. The third-order valence-electron chi connectivity index (χ3n) is 3.70. The highest BCUT2D eigenvalue weighted by Gasteiger charge is 2.24. The Labute approximate surface area is 113 Å². The first kappa shape index (κ1) is 12.0. The summed E-state index contributed by atoms with van der Waals surface area (Å²) in [6.07, 6.45) is 1.83. The van der Waals surface area contributed by atoms with Crippen LogP contribution in [-0.2, 0) is 6.42 Å². The zero-order valence-electron chi connectivity index (χ0n) is 11.0. The van der Waals surface area contributed by atoms with E-state index < -0.39 is 0 Å². The summed E-state index contributed by atoms with van der Waals surface area (Å²) in [5.74, 6) is 0.189. The molecule has 0 bridgehead atoms. The molecule has 2 aromatic rings. The van der Waals surface area contributed by atoms with Crippen LogP contribution in [0.3, 0.4) is 0 Å². The number of aryl methyl sites for hydroxylation is 2. The van der Waals surface area contributed by atoms with Crippen molar-refractivity contribution in [3.05, 3.63) is 65.2 Å². The highest BCUT2D eigenvalue weighted by molar-refractivity contribution is 6.02. The Kier molecular flexibility index (Phi) is 3.08. The van der Waals surface area contributed by atoms with Gasteiger partial charge in [-0.3, -0.25) is 4.79 Å². The third-order valence-corrected chi connectivity index (χ3v) is 3.70. The van der Waals surface area contributed by atoms with Gasteiger partial charge in [-0.2, -0.15) is 0 Å². The van der Waals surface area contributed by atoms with Crippen molar-refractivity contribution in [1.82, 2.24) is 0 Å². The Hall–Kier alpha value is -2.09. The molecule has 0 aromatic heterocycles. The summed E-state index contributed by atoms with van der Waals surface area (Å²) in [6.45, 7) is 2.03. The van der Waals surface area contributed by atoms with Gasteiger partial charge in [-0.1, -0.05) is 48.0 Å². The molecule has 0 amide bonds. The minimum absolute atomic E-state index is 0.0994. The van der Waals surface area contributed by atoms with Crippen LogP contribution >= 0.6 is 0 Å². The largest absolute Gasteiger partial charge is 0.375 e. The average Bonchev–Trinajstić information content (AvgIpc) is 2.47. The van der Waals surface area contributed by atoms with E-state index in [-0.39, 0.29) is 11.8 Å². The first-order valence-corrected chi connectivity index (χ1v) is 6.69. The lowest BCUT2D eigenvalue weighted by molar-refractivity contribution is 0.0964. The second-order valence-electron chi connectivity index (χ2n) is 5.12. The van der Waals surface area contributed by atoms with E-state index in [9.17, 15) is 4.79 Å². The van der Waals surface area contributed by atoms with Crippen molar-refractivity contribution in [2.24, 2.45) is 0 Å². The number of anilines is 1. The predicted molar refractivity (Wildman–Crippen MR) is 77.7 cm³/mol. The number of para-hydroxylation sites is 1. The number of nitrogens with one attached hydrogen (secondary N) is 1. The zero-order chi connectivity index (χ0) is 13.2. The van der Waals surface area contributed by atoms with E-state index in [1.54, 1.807) is 0 Å². The van der Waals surface area contributed by atoms with Crippen molar-refractivity contribution in [2.45, 2.75) is 25.8 Å². The maximum absolute atomic E-state index is 12.5.